The summed E-state index contributed by atoms with van der Waals surface area (Å²) in [6, 6.07) is 1.84. The van der Waals surface area contributed by atoms with Gasteiger partial charge in [0.05, 0.1) is 5.75 Å². The van der Waals surface area contributed by atoms with Gasteiger partial charge in [0.1, 0.15) is 5.03 Å². The lowest BCUT2D eigenvalue weighted by Gasteiger charge is -2.24. The van der Waals surface area contributed by atoms with Crippen LogP contribution in [0.15, 0.2) is 11.1 Å². The van der Waals surface area contributed by atoms with Crippen LogP contribution in [0.2, 0.25) is 0 Å². The van der Waals surface area contributed by atoms with E-state index in [1.165, 1.54) is 18.2 Å². The van der Waals surface area contributed by atoms with Crippen molar-refractivity contribution in [3.05, 3.63) is 11.8 Å². The van der Waals surface area contributed by atoms with Gasteiger partial charge in [-0.05, 0) is 32.3 Å². The van der Waals surface area contributed by atoms with Gasteiger partial charge in [-0.1, -0.05) is 11.8 Å². The van der Waals surface area contributed by atoms with Crippen LogP contribution in [0.1, 0.15) is 25.0 Å². The third-order valence-electron chi connectivity index (χ3n) is 3.38. The van der Waals surface area contributed by atoms with Gasteiger partial charge >= 0.3 is 5.97 Å². The van der Waals surface area contributed by atoms with Gasteiger partial charge in [-0.3, -0.25) is 4.79 Å². The van der Waals surface area contributed by atoms with E-state index < -0.39 is 5.97 Å². The van der Waals surface area contributed by atoms with Crippen LogP contribution in [0.5, 0.6) is 0 Å². The number of aryl methyl sites for hydroxylation is 1. The molecule has 1 aliphatic rings. The van der Waals surface area contributed by atoms with E-state index in [-0.39, 0.29) is 5.75 Å². The summed E-state index contributed by atoms with van der Waals surface area (Å²) in [6.45, 7) is 3.81. The maximum atomic E-state index is 10.8. The average molecular weight is 307 g/mol. The topological polar surface area (TPSA) is 83.6 Å². The summed E-state index contributed by atoms with van der Waals surface area (Å²) in [4.78, 5) is 21.8. The van der Waals surface area contributed by atoms with Gasteiger partial charge in [-0.2, -0.15) is 9.50 Å². The molecule has 0 amide bonds. The Morgan fingerprint density at radius 1 is 1.33 bits per heavy atom. The van der Waals surface area contributed by atoms with E-state index in [1.54, 1.807) is 4.52 Å². The molecule has 0 aliphatic carbocycles. The van der Waals surface area contributed by atoms with Gasteiger partial charge < -0.3 is 10.0 Å². The number of carbonyl (C=O) groups is 1. The molecule has 1 aliphatic heterocycles. The van der Waals surface area contributed by atoms with Gasteiger partial charge in [0.2, 0.25) is 5.95 Å². The third kappa shape index (κ3) is 3.10. The first-order chi connectivity index (χ1) is 10.1. The van der Waals surface area contributed by atoms with E-state index >= 15 is 0 Å². The highest BCUT2D eigenvalue weighted by atomic mass is 32.2. The maximum absolute atomic E-state index is 10.8. The molecule has 0 bridgehead atoms. The Hall–Kier alpha value is -1.83. The minimum Gasteiger partial charge on any atom is -0.481 e. The number of aliphatic carboxylic acids is 1. The fourth-order valence-electron chi connectivity index (χ4n) is 2.41. The van der Waals surface area contributed by atoms with Crippen molar-refractivity contribution in [2.75, 3.05) is 23.7 Å². The number of hydrogen-bond donors (Lipinski definition) is 1. The minimum absolute atomic E-state index is 0.00252. The molecule has 2 aromatic heterocycles. The van der Waals surface area contributed by atoms with Crippen molar-refractivity contribution in [3.63, 3.8) is 0 Å². The minimum atomic E-state index is -0.848. The van der Waals surface area contributed by atoms with Crippen LogP contribution < -0.4 is 4.90 Å². The van der Waals surface area contributed by atoms with Crippen LogP contribution in [-0.4, -0.2) is 49.5 Å². The number of nitrogens with zero attached hydrogens (tertiary/aromatic N) is 5. The van der Waals surface area contributed by atoms with Crippen molar-refractivity contribution >= 4 is 29.5 Å². The Labute approximate surface area is 126 Å². The number of carboxylic acid groups (broad SMARTS) is 1. The highest BCUT2D eigenvalue weighted by Gasteiger charge is 2.18. The van der Waals surface area contributed by atoms with Crippen LogP contribution in [-0.2, 0) is 4.79 Å². The van der Waals surface area contributed by atoms with Crippen molar-refractivity contribution in [1.29, 1.82) is 0 Å². The Kier molecular flexibility index (Phi) is 3.96. The van der Waals surface area contributed by atoms with Crippen LogP contribution in [0.25, 0.3) is 5.78 Å². The van der Waals surface area contributed by atoms with E-state index in [9.17, 15) is 4.79 Å². The first-order valence-corrected chi connectivity index (χ1v) is 7.96. The van der Waals surface area contributed by atoms with Gasteiger partial charge in [0.25, 0.3) is 5.78 Å². The maximum Gasteiger partial charge on any atom is 0.313 e. The van der Waals surface area contributed by atoms with Crippen LogP contribution in [0.3, 0.4) is 0 Å². The molecule has 0 radical (unpaired) electrons. The first-order valence-electron chi connectivity index (χ1n) is 6.97. The van der Waals surface area contributed by atoms with E-state index in [0.29, 0.717) is 11.7 Å². The van der Waals surface area contributed by atoms with Gasteiger partial charge in [0, 0.05) is 18.8 Å². The zero-order chi connectivity index (χ0) is 14.8. The lowest BCUT2D eigenvalue weighted by atomic mass is 10.1. The van der Waals surface area contributed by atoms with Crippen molar-refractivity contribution in [2.24, 2.45) is 0 Å². The molecule has 8 heteroatoms. The summed E-state index contributed by atoms with van der Waals surface area (Å²) in [5.74, 6) is 0.365. The van der Waals surface area contributed by atoms with Crippen molar-refractivity contribution in [2.45, 2.75) is 31.2 Å². The fraction of sp³-hybridized carbons (Fsp3) is 0.538. The molecule has 0 aromatic carbocycles. The number of rotatable bonds is 4. The summed E-state index contributed by atoms with van der Waals surface area (Å²) < 4.78 is 1.64. The van der Waals surface area contributed by atoms with E-state index in [1.807, 2.05) is 13.0 Å². The number of carboxylic acids is 1. The van der Waals surface area contributed by atoms with Crippen LogP contribution in [0.4, 0.5) is 5.95 Å². The second kappa shape index (κ2) is 5.88. The number of thioether (sulfide) groups is 1. The smallest absolute Gasteiger partial charge is 0.313 e. The number of piperidine rings is 1. The number of hydrogen-bond acceptors (Lipinski definition) is 6. The van der Waals surface area contributed by atoms with E-state index in [4.69, 9.17) is 5.11 Å². The van der Waals surface area contributed by atoms with Crippen LogP contribution in [0, 0.1) is 6.92 Å². The van der Waals surface area contributed by atoms with Crippen molar-refractivity contribution < 1.29 is 9.90 Å². The predicted octanol–water partition coefficient (Wildman–Crippen LogP) is 1.60. The Bertz CT molecular complexity index is 666. The SMILES string of the molecule is Cc1cc(SCC(=O)O)n2nc(N3CCCCC3)nc2n1. The molecular formula is C13H17N5O2S. The summed E-state index contributed by atoms with van der Waals surface area (Å²) in [5.41, 5.74) is 0.813. The van der Waals surface area contributed by atoms with Gasteiger partial charge in [-0.25, -0.2) is 4.98 Å². The monoisotopic (exact) mass is 307 g/mol. The summed E-state index contributed by atoms with van der Waals surface area (Å²) >= 11 is 1.23. The first kappa shape index (κ1) is 14.1. The largest absolute Gasteiger partial charge is 0.481 e. The molecule has 0 atom stereocenters. The summed E-state index contributed by atoms with van der Waals surface area (Å²) in [7, 11) is 0. The predicted molar refractivity (Wildman–Crippen MR) is 79.9 cm³/mol. The Morgan fingerprint density at radius 2 is 2.10 bits per heavy atom. The molecule has 21 heavy (non-hydrogen) atoms. The second-order valence-electron chi connectivity index (χ2n) is 5.09. The normalized spacial score (nSPS) is 15.6. The van der Waals surface area contributed by atoms with E-state index in [0.717, 1.165) is 36.7 Å². The summed E-state index contributed by atoms with van der Waals surface area (Å²) in [5, 5.41) is 14.1. The summed E-state index contributed by atoms with van der Waals surface area (Å²) in [6.07, 6.45) is 3.56. The van der Waals surface area contributed by atoms with Crippen molar-refractivity contribution in [1.82, 2.24) is 19.6 Å². The second-order valence-corrected chi connectivity index (χ2v) is 6.09. The molecule has 3 heterocycles. The van der Waals surface area contributed by atoms with E-state index in [2.05, 4.69) is 20.0 Å². The number of fused-ring (bicyclic) bond motifs is 1. The number of aromatic nitrogens is 4. The standard InChI is InChI=1S/C13H17N5O2S/c1-9-7-10(21-8-11(19)20)18-12(14-9)15-13(16-18)17-5-3-2-4-6-17/h7H,2-6,8H2,1H3,(H,19,20). The lowest BCUT2D eigenvalue weighted by Crippen LogP contribution is -2.30. The zero-order valence-electron chi connectivity index (χ0n) is 11.8. The van der Waals surface area contributed by atoms with Crippen molar-refractivity contribution in [3.8, 4) is 0 Å². The third-order valence-corrected chi connectivity index (χ3v) is 4.36. The molecule has 1 N–H and O–H groups in total. The molecule has 0 saturated carbocycles. The van der Waals surface area contributed by atoms with Gasteiger partial charge in [-0.15, -0.1) is 5.10 Å². The lowest BCUT2D eigenvalue weighted by molar-refractivity contribution is -0.133. The Morgan fingerprint density at radius 3 is 2.81 bits per heavy atom. The Balaban J connectivity index is 1.95. The molecule has 1 fully saturated rings. The molecule has 3 rings (SSSR count). The molecule has 2 aromatic rings. The fourth-order valence-corrected chi connectivity index (χ4v) is 3.18. The molecule has 1 saturated heterocycles. The highest BCUT2D eigenvalue weighted by Crippen LogP contribution is 2.22. The van der Waals surface area contributed by atoms with Gasteiger partial charge in [0.15, 0.2) is 0 Å². The van der Waals surface area contributed by atoms with Crippen LogP contribution >= 0.6 is 11.8 Å². The quantitative estimate of drug-likeness (QED) is 0.678. The average Bonchev–Trinajstić information content (AvgIpc) is 2.89. The molecule has 0 spiro atoms. The molecule has 7 nitrogen and oxygen atoms in total. The molecule has 112 valence electrons. The molecule has 0 unspecified atom stereocenters. The number of anilines is 1. The zero-order valence-corrected chi connectivity index (χ0v) is 12.6. The molecular weight excluding hydrogens is 290 g/mol. The highest BCUT2D eigenvalue weighted by molar-refractivity contribution is 7.99.